The first-order valence-electron chi connectivity index (χ1n) is 7.43. The van der Waals surface area contributed by atoms with Crippen molar-refractivity contribution in [3.05, 3.63) is 28.1 Å². The second-order valence-corrected chi connectivity index (χ2v) is 6.73. The Morgan fingerprint density at radius 1 is 1.32 bits per heavy atom. The molecule has 2 heterocycles. The molecule has 1 aromatic carbocycles. The van der Waals surface area contributed by atoms with Crippen molar-refractivity contribution in [2.45, 2.75) is 31.8 Å². The fourth-order valence-corrected chi connectivity index (χ4v) is 3.71. The molecule has 7 heteroatoms. The Kier molecular flexibility index (Phi) is 3.50. The summed E-state index contributed by atoms with van der Waals surface area (Å²) in [6, 6.07) is 3.07. The van der Waals surface area contributed by atoms with Gasteiger partial charge in [0, 0.05) is 11.4 Å². The summed E-state index contributed by atoms with van der Waals surface area (Å²) in [6.45, 7) is 1.28. The van der Waals surface area contributed by atoms with Crippen LogP contribution in [0.3, 0.4) is 0 Å². The SMILES string of the molecule is Fc1cc(Cl)c2c(c1)c(Cl)nn2CC1=NCC(C2CCC2)N1. The third-order valence-electron chi connectivity index (χ3n) is 4.57. The van der Waals surface area contributed by atoms with Crippen LogP contribution in [0.4, 0.5) is 4.39 Å². The molecule has 1 atom stereocenters. The minimum Gasteiger partial charge on any atom is -0.367 e. The van der Waals surface area contributed by atoms with Crippen LogP contribution in [0.15, 0.2) is 17.1 Å². The van der Waals surface area contributed by atoms with E-state index in [2.05, 4.69) is 15.4 Å². The summed E-state index contributed by atoms with van der Waals surface area (Å²) in [7, 11) is 0. The Morgan fingerprint density at radius 3 is 2.86 bits per heavy atom. The zero-order valence-electron chi connectivity index (χ0n) is 11.8. The molecule has 4 nitrogen and oxygen atoms in total. The van der Waals surface area contributed by atoms with Crippen molar-refractivity contribution in [1.82, 2.24) is 15.1 Å². The Labute approximate surface area is 137 Å². The van der Waals surface area contributed by atoms with E-state index in [-0.39, 0.29) is 5.15 Å². The number of fused-ring (bicyclic) bond motifs is 1. The number of hydrogen-bond donors (Lipinski definition) is 1. The van der Waals surface area contributed by atoms with E-state index in [9.17, 15) is 4.39 Å². The van der Waals surface area contributed by atoms with Crippen LogP contribution in [0, 0.1) is 11.7 Å². The molecule has 22 heavy (non-hydrogen) atoms. The molecule has 0 spiro atoms. The minimum atomic E-state index is -0.416. The van der Waals surface area contributed by atoms with Crippen LogP contribution in [-0.4, -0.2) is 28.2 Å². The molecule has 1 aliphatic carbocycles. The number of aliphatic imine (C=N–C) groups is 1. The fraction of sp³-hybridized carbons (Fsp3) is 0.467. The first-order chi connectivity index (χ1) is 10.6. The van der Waals surface area contributed by atoms with Crippen molar-refractivity contribution in [3.63, 3.8) is 0 Å². The molecule has 1 saturated carbocycles. The molecule has 0 saturated heterocycles. The van der Waals surface area contributed by atoms with E-state index in [0.29, 0.717) is 28.5 Å². The first kappa shape index (κ1) is 14.3. The molecule has 2 aromatic rings. The first-order valence-corrected chi connectivity index (χ1v) is 8.18. The predicted octanol–water partition coefficient (Wildman–Crippen LogP) is 3.65. The summed E-state index contributed by atoms with van der Waals surface area (Å²) < 4.78 is 15.1. The number of hydrogen-bond acceptors (Lipinski definition) is 3. The van der Waals surface area contributed by atoms with Crippen LogP contribution >= 0.6 is 23.2 Å². The lowest BCUT2D eigenvalue weighted by molar-refractivity contribution is 0.257. The summed E-state index contributed by atoms with van der Waals surface area (Å²) in [5.74, 6) is 1.20. The molecule has 0 radical (unpaired) electrons. The lowest BCUT2D eigenvalue weighted by Crippen LogP contribution is -2.41. The van der Waals surface area contributed by atoms with Gasteiger partial charge in [-0.1, -0.05) is 29.6 Å². The van der Waals surface area contributed by atoms with Crippen LogP contribution in [0.25, 0.3) is 10.9 Å². The Bertz CT molecular complexity index is 766. The van der Waals surface area contributed by atoms with Gasteiger partial charge in [-0.25, -0.2) is 4.39 Å². The van der Waals surface area contributed by atoms with Gasteiger partial charge in [-0.05, 0) is 30.9 Å². The lowest BCUT2D eigenvalue weighted by Gasteiger charge is -2.31. The molecule has 2 aliphatic rings. The summed E-state index contributed by atoms with van der Waals surface area (Å²) in [6.07, 6.45) is 3.88. The second kappa shape index (κ2) is 5.39. The molecule has 116 valence electrons. The van der Waals surface area contributed by atoms with Gasteiger partial charge < -0.3 is 5.32 Å². The van der Waals surface area contributed by atoms with Gasteiger partial charge in [-0.3, -0.25) is 9.67 Å². The zero-order chi connectivity index (χ0) is 15.3. The zero-order valence-corrected chi connectivity index (χ0v) is 13.3. The summed E-state index contributed by atoms with van der Waals surface area (Å²) in [4.78, 5) is 4.56. The smallest absolute Gasteiger partial charge is 0.159 e. The van der Waals surface area contributed by atoms with Gasteiger partial charge in [0.25, 0.3) is 0 Å². The van der Waals surface area contributed by atoms with E-state index in [1.54, 1.807) is 4.68 Å². The van der Waals surface area contributed by atoms with Gasteiger partial charge in [-0.2, -0.15) is 5.10 Å². The number of benzene rings is 1. The molecule has 1 N–H and O–H groups in total. The molecular formula is C15H15Cl2FN4. The number of nitrogens with zero attached hydrogens (tertiary/aromatic N) is 3. The predicted molar refractivity (Wildman–Crippen MR) is 86.3 cm³/mol. The molecular weight excluding hydrogens is 326 g/mol. The largest absolute Gasteiger partial charge is 0.367 e. The standard InChI is InChI=1S/C15H15Cl2FN4/c16-11-5-9(18)4-10-14(11)22(21-15(10)17)7-13-19-6-12(20-13)8-2-1-3-8/h4-5,8,12H,1-3,6-7H2,(H,19,20). The normalized spacial score (nSPS) is 21.8. The van der Waals surface area contributed by atoms with Crippen LogP contribution in [0.5, 0.6) is 0 Å². The highest BCUT2D eigenvalue weighted by molar-refractivity contribution is 6.38. The highest BCUT2D eigenvalue weighted by Crippen LogP contribution is 2.32. The van der Waals surface area contributed by atoms with Crippen molar-refractivity contribution in [2.75, 3.05) is 6.54 Å². The third-order valence-corrected chi connectivity index (χ3v) is 5.13. The van der Waals surface area contributed by atoms with Crippen molar-refractivity contribution in [1.29, 1.82) is 0 Å². The fourth-order valence-electron chi connectivity index (χ4n) is 3.17. The molecule has 1 unspecified atom stereocenters. The summed E-state index contributed by atoms with van der Waals surface area (Å²) in [5, 5.41) is 8.84. The highest BCUT2D eigenvalue weighted by atomic mass is 35.5. The van der Waals surface area contributed by atoms with E-state index in [0.717, 1.165) is 18.3 Å². The van der Waals surface area contributed by atoms with Gasteiger partial charge in [0.15, 0.2) is 5.15 Å². The molecule has 1 aliphatic heterocycles. The number of nitrogens with one attached hydrogen (secondary N) is 1. The van der Waals surface area contributed by atoms with Crippen LogP contribution < -0.4 is 5.32 Å². The van der Waals surface area contributed by atoms with Crippen molar-refractivity contribution < 1.29 is 4.39 Å². The molecule has 0 amide bonds. The summed E-state index contributed by atoms with van der Waals surface area (Å²) >= 11 is 12.3. The Balaban J connectivity index is 1.60. The van der Waals surface area contributed by atoms with E-state index in [4.69, 9.17) is 23.2 Å². The molecule has 1 aromatic heterocycles. The maximum Gasteiger partial charge on any atom is 0.159 e. The average Bonchev–Trinajstić information content (AvgIpc) is 2.94. The third kappa shape index (κ3) is 2.36. The Morgan fingerprint density at radius 2 is 2.14 bits per heavy atom. The minimum absolute atomic E-state index is 0.255. The second-order valence-electron chi connectivity index (χ2n) is 5.96. The monoisotopic (exact) mass is 340 g/mol. The molecule has 1 fully saturated rings. The Hall–Kier alpha value is -1.33. The van der Waals surface area contributed by atoms with Gasteiger partial charge in [0.05, 0.1) is 23.6 Å². The maximum absolute atomic E-state index is 13.5. The van der Waals surface area contributed by atoms with Crippen LogP contribution in [0.1, 0.15) is 19.3 Å². The quantitative estimate of drug-likeness (QED) is 0.926. The number of rotatable bonds is 3. The van der Waals surface area contributed by atoms with E-state index < -0.39 is 5.82 Å². The highest BCUT2D eigenvalue weighted by Gasteiger charge is 2.30. The van der Waals surface area contributed by atoms with Crippen molar-refractivity contribution in [2.24, 2.45) is 10.9 Å². The number of amidine groups is 1. The molecule has 4 rings (SSSR count). The van der Waals surface area contributed by atoms with Crippen LogP contribution in [0.2, 0.25) is 10.2 Å². The topological polar surface area (TPSA) is 42.2 Å². The van der Waals surface area contributed by atoms with Gasteiger partial charge in [0.1, 0.15) is 11.7 Å². The van der Waals surface area contributed by atoms with Crippen LogP contribution in [-0.2, 0) is 6.54 Å². The molecule has 0 bridgehead atoms. The van der Waals surface area contributed by atoms with E-state index in [1.165, 1.54) is 31.4 Å². The summed E-state index contributed by atoms with van der Waals surface area (Å²) in [5.41, 5.74) is 0.643. The maximum atomic E-state index is 13.5. The van der Waals surface area contributed by atoms with Gasteiger partial charge in [0.2, 0.25) is 0 Å². The lowest BCUT2D eigenvalue weighted by atomic mass is 9.80. The van der Waals surface area contributed by atoms with E-state index in [1.807, 2.05) is 0 Å². The average molecular weight is 341 g/mol. The van der Waals surface area contributed by atoms with Crippen molar-refractivity contribution in [3.8, 4) is 0 Å². The number of aromatic nitrogens is 2. The van der Waals surface area contributed by atoms with E-state index >= 15 is 0 Å². The van der Waals surface area contributed by atoms with Gasteiger partial charge >= 0.3 is 0 Å². The van der Waals surface area contributed by atoms with Gasteiger partial charge in [-0.15, -0.1) is 0 Å². The number of halogens is 3. The van der Waals surface area contributed by atoms with Crippen molar-refractivity contribution >= 4 is 39.9 Å².